The van der Waals surface area contributed by atoms with E-state index in [4.69, 9.17) is 17.3 Å². The van der Waals surface area contributed by atoms with Gasteiger partial charge in [0.1, 0.15) is 5.15 Å². The molecule has 0 saturated carbocycles. The van der Waals surface area contributed by atoms with Gasteiger partial charge in [0.25, 0.3) is 0 Å². The quantitative estimate of drug-likeness (QED) is 0.791. The van der Waals surface area contributed by atoms with Crippen LogP contribution in [0.25, 0.3) is 10.9 Å². The normalized spacial score (nSPS) is 13.0. The Labute approximate surface area is 94.1 Å². The molecule has 2 rings (SSSR count). The topological polar surface area (TPSA) is 38.9 Å². The first-order valence-electron chi connectivity index (χ1n) is 4.96. The van der Waals surface area contributed by atoms with Crippen molar-refractivity contribution in [2.45, 2.75) is 19.4 Å². The van der Waals surface area contributed by atoms with Gasteiger partial charge in [-0.15, -0.1) is 0 Å². The fourth-order valence-corrected chi connectivity index (χ4v) is 1.85. The molecule has 0 unspecified atom stereocenters. The van der Waals surface area contributed by atoms with Crippen molar-refractivity contribution < 1.29 is 0 Å². The van der Waals surface area contributed by atoms with Crippen LogP contribution in [0, 0.1) is 0 Å². The molecule has 2 aromatic rings. The van der Waals surface area contributed by atoms with Crippen molar-refractivity contribution in [2.24, 2.45) is 5.73 Å². The molecule has 1 aromatic heterocycles. The van der Waals surface area contributed by atoms with Crippen molar-refractivity contribution in [3.63, 3.8) is 0 Å². The molecule has 15 heavy (non-hydrogen) atoms. The van der Waals surface area contributed by atoms with Gasteiger partial charge in [-0.1, -0.05) is 29.8 Å². The number of benzene rings is 1. The summed E-state index contributed by atoms with van der Waals surface area (Å²) >= 11 is 6.08. The summed E-state index contributed by atoms with van der Waals surface area (Å²) < 4.78 is 0. The molecule has 0 aliphatic rings. The minimum atomic E-state index is 0.102. The van der Waals surface area contributed by atoms with Crippen molar-refractivity contribution in [1.82, 2.24) is 4.98 Å². The average molecular weight is 221 g/mol. The van der Waals surface area contributed by atoms with Crippen LogP contribution in [0.1, 0.15) is 12.5 Å². The predicted molar refractivity (Wildman–Crippen MR) is 64.1 cm³/mol. The monoisotopic (exact) mass is 220 g/mol. The predicted octanol–water partition coefficient (Wildman–Crippen LogP) is 2.78. The van der Waals surface area contributed by atoms with Crippen LogP contribution in [0.5, 0.6) is 0 Å². The van der Waals surface area contributed by atoms with Crippen molar-refractivity contribution in [2.75, 3.05) is 0 Å². The van der Waals surface area contributed by atoms with Crippen molar-refractivity contribution in [3.05, 3.63) is 41.0 Å². The number of aromatic nitrogens is 1. The molecule has 0 spiro atoms. The molecule has 1 aromatic carbocycles. The van der Waals surface area contributed by atoms with Crippen LogP contribution in [0.15, 0.2) is 30.3 Å². The van der Waals surface area contributed by atoms with Gasteiger partial charge in [0, 0.05) is 11.4 Å². The summed E-state index contributed by atoms with van der Waals surface area (Å²) in [4.78, 5) is 4.34. The van der Waals surface area contributed by atoms with Gasteiger partial charge in [0.05, 0.1) is 5.52 Å². The van der Waals surface area contributed by atoms with E-state index in [1.54, 1.807) is 0 Å². The molecule has 0 saturated heterocycles. The van der Waals surface area contributed by atoms with Gasteiger partial charge in [0.2, 0.25) is 0 Å². The maximum atomic E-state index is 6.08. The number of fused-ring (bicyclic) bond motifs is 1. The van der Waals surface area contributed by atoms with Crippen molar-refractivity contribution >= 4 is 22.5 Å². The van der Waals surface area contributed by atoms with Gasteiger partial charge < -0.3 is 5.73 Å². The second kappa shape index (κ2) is 4.17. The third kappa shape index (κ3) is 2.28. The fraction of sp³-hybridized carbons (Fsp3) is 0.250. The number of pyridine rings is 1. The van der Waals surface area contributed by atoms with Gasteiger partial charge >= 0.3 is 0 Å². The Morgan fingerprint density at radius 3 is 2.87 bits per heavy atom. The second-order valence-electron chi connectivity index (χ2n) is 3.81. The SMILES string of the molecule is C[C@@H](N)Cc1cc2ccccc2nc1Cl. The Morgan fingerprint density at radius 2 is 2.13 bits per heavy atom. The summed E-state index contributed by atoms with van der Waals surface area (Å²) in [5.74, 6) is 0. The Balaban J connectivity index is 2.52. The molecule has 0 aliphatic carbocycles. The number of nitrogens with zero attached hydrogens (tertiary/aromatic N) is 1. The third-order valence-corrected chi connectivity index (χ3v) is 2.62. The first kappa shape index (κ1) is 10.4. The summed E-state index contributed by atoms with van der Waals surface area (Å²) in [6.45, 7) is 1.96. The number of halogens is 1. The van der Waals surface area contributed by atoms with E-state index in [0.717, 1.165) is 22.9 Å². The van der Waals surface area contributed by atoms with Gasteiger partial charge in [0.15, 0.2) is 0 Å². The number of hydrogen-bond acceptors (Lipinski definition) is 2. The first-order chi connectivity index (χ1) is 7.16. The van der Waals surface area contributed by atoms with Crippen LogP contribution in [-0.4, -0.2) is 11.0 Å². The smallest absolute Gasteiger partial charge is 0.133 e. The van der Waals surface area contributed by atoms with Gasteiger partial charge in [-0.05, 0) is 31.0 Å². The molecule has 78 valence electrons. The number of hydrogen-bond donors (Lipinski definition) is 1. The zero-order chi connectivity index (χ0) is 10.8. The van der Waals surface area contributed by atoms with E-state index in [2.05, 4.69) is 11.1 Å². The van der Waals surface area contributed by atoms with Gasteiger partial charge in [-0.25, -0.2) is 4.98 Å². The number of para-hydroxylation sites is 1. The summed E-state index contributed by atoms with van der Waals surface area (Å²) in [5.41, 5.74) is 7.70. The molecule has 1 atom stereocenters. The molecule has 0 aliphatic heterocycles. The lowest BCUT2D eigenvalue weighted by Gasteiger charge is -2.08. The van der Waals surface area contributed by atoms with E-state index < -0.39 is 0 Å². The summed E-state index contributed by atoms with van der Waals surface area (Å²) in [6, 6.07) is 10.1. The molecular weight excluding hydrogens is 208 g/mol. The highest BCUT2D eigenvalue weighted by atomic mass is 35.5. The maximum absolute atomic E-state index is 6.08. The highest BCUT2D eigenvalue weighted by Gasteiger charge is 2.06. The first-order valence-corrected chi connectivity index (χ1v) is 5.34. The Hall–Kier alpha value is -1.12. The summed E-state index contributed by atoms with van der Waals surface area (Å²) in [7, 11) is 0. The zero-order valence-corrected chi connectivity index (χ0v) is 9.33. The highest BCUT2D eigenvalue weighted by molar-refractivity contribution is 6.30. The maximum Gasteiger partial charge on any atom is 0.133 e. The van der Waals surface area contributed by atoms with Crippen LogP contribution in [0.2, 0.25) is 5.15 Å². The Morgan fingerprint density at radius 1 is 1.40 bits per heavy atom. The molecular formula is C12H13ClN2. The lowest BCUT2D eigenvalue weighted by atomic mass is 10.1. The molecule has 3 heteroatoms. The zero-order valence-electron chi connectivity index (χ0n) is 8.57. The Bertz CT molecular complexity index is 480. The van der Waals surface area contributed by atoms with Crippen LogP contribution in [0.4, 0.5) is 0 Å². The van der Waals surface area contributed by atoms with Gasteiger partial charge in [-0.2, -0.15) is 0 Å². The minimum absolute atomic E-state index is 0.102. The number of nitrogens with two attached hydrogens (primary N) is 1. The van der Waals surface area contributed by atoms with E-state index in [1.807, 2.05) is 31.2 Å². The van der Waals surface area contributed by atoms with Crippen molar-refractivity contribution in [1.29, 1.82) is 0 Å². The molecule has 2 nitrogen and oxygen atoms in total. The lowest BCUT2D eigenvalue weighted by Crippen LogP contribution is -2.18. The van der Waals surface area contributed by atoms with Crippen LogP contribution in [0.3, 0.4) is 0 Å². The van der Waals surface area contributed by atoms with E-state index in [-0.39, 0.29) is 6.04 Å². The van der Waals surface area contributed by atoms with Crippen LogP contribution < -0.4 is 5.73 Å². The molecule has 0 amide bonds. The molecule has 2 N–H and O–H groups in total. The van der Waals surface area contributed by atoms with E-state index >= 15 is 0 Å². The molecule has 1 heterocycles. The van der Waals surface area contributed by atoms with E-state index in [0.29, 0.717) is 5.15 Å². The van der Waals surface area contributed by atoms with Gasteiger partial charge in [-0.3, -0.25) is 0 Å². The lowest BCUT2D eigenvalue weighted by molar-refractivity contribution is 0.737. The largest absolute Gasteiger partial charge is 0.328 e. The minimum Gasteiger partial charge on any atom is -0.328 e. The summed E-state index contributed by atoms with van der Waals surface area (Å²) in [6.07, 6.45) is 0.761. The fourth-order valence-electron chi connectivity index (χ4n) is 1.63. The molecule has 0 bridgehead atoms. The summed E-state index contributed by atoms with van der Waals surface area (Å²) in [5, 5.41) is 1.67. The van der Waals surface area contributed by atoms with Crippen LogP contribution in [-0.2, 0) is 6.42 Å². The highest BCUT2D eigenvalue weighted by Crippen LogP contribution is 2.21. The Kier molecular flexibility index (Phi) is 2.89. The second-order valence-corrected chi connectivity index (χ2v) is 4.17. The average Bonchev–Trinajstić information content (AvgIpc) is 2.18. The standard InChI is InChI=1S/C12H13ClN2/c1-8(14)6-10-7-9-4-2-3-5-11(9)15-12(10)13/h2-5,7-8H,6,14H2,1H3/t8-/m1/s1. The molecule has 0 radical (unpaired) electrons. The third-order valence-electron chi connectivity index (χ3n) is 2.29. The van der Waals surface area contributed by atoms with Crippen LogP contribution >= 0.6 is 11.6 Å². The molecule has 0 fully saturated rings. The van der Waals surface area contributed by atoms with Crippen molar-refractivity contribution in [3.8, 4) is 0 Å². The van der Waals surface area contributed by atoms with E-state index in [1.165, 1.54) is 0 Å². The number of rotatable bonds is 2. The van der Waals surface area contributed by atoms with E-state index in [9.17, 15) is 0 Å².